The molecular formula is C9H15O2. The van der Waals surface area contributed by atoms with E-state index in [1.54, 1.807) is 0 Å². The molecule has 0 aliphatic heterocycles. The van der Waals surface area contributed by atoms with Gasteiger partial charge in [0, 0.05) is 6.61 Å². The maximum atomic E-state index is 10.3. The standard InChI is InChI=1S/C9H15O2/c1-8(2)3-6-11-9(7-10)4-5-9/h8H,3-6H2,1-2H3. The van der Waals surface area contributed by atoms with Crippen LogP contribution < -0.4 is 0 Å². The Balaban J connectivity index is 2.07. The maximum absolute atomic E-state index is 10.3. The van der Waals surface area contributed by atoms with Gasteiger partial charge < -0.3 is 4.74 Å². The fourth-order valence-corrected chi connectivity index (χ4v) is 0.879. The first kappa shape index (κ1) is 8.72. The summed E-state index contributed by atoms with van der Waals surface area (Å²) in [4.78, 5) is 10.3. The molecule has 0 aromatic carbocycles. The van der Waals surface area contributed by atoms with E-state index in [1.807, 2.05) is 6.29 Å². The van der Waals surface area contributed by atoms with Gasteiger partial charge in [-0.15, -0.1) is 0 Å². The molecule has 2 nitrogen and oxygen atoms in total. The van der Waals surface area contributed by atoms with Crippen molar-refractivity contribution in [2.75, 3.05) is 6.61 Å². The summed E-state index contributed by atoms with van der Waals surface area (Å²) in [5.74, 6) is 0.650. The van der Waals surface area contributed by atoms with Gasteiger partial charge in [0.1, 0.15) is 5.60 Å². The third-order valence-corrected chi connectivity index (χ3v) is 1.96. The smallest absolute Gasteiger partial charge is 0.233 e. The Labute approximate surface area is 67.9 Å². The van der Waals surface area contributed by atoms with Crippen LogP contribution in [0.1, 0.15) is 33.1 Å². The summed E-state index contributed by atoms with van der Waals surface area (Å²) in [7, 11) is 0. The minimum Gasteiger partial charge on any atom is -0.367 e. The van der Waals surface area contributed by atoms with Crippen LogP contribution in [0.2, 0.25) is 0 Å². The normalized spacial score (nSPS) is 20.3. The Hall–Kier alpha value is -0.370. The molecule has 0 aromatic rings. The van der Waals surface area contributed by atoms with Crippen molar-refractivity contribution in [1.29, 1.82) is 0 Å². The van der Waals surface area contributed by atoms with Gasteiger partial charge in [-0.2, -0.15) is 0 Å². The zero-order chi connectivity index (χ0) is 8.32. The lowest BCUT2D eigenvalue weighted by molar-refractivity contribution is 0.0704. The molecule has 11 heavy (non-hydrogen) atoms. The summed E-state index contributed by atoms with van der Waals surface area (Å²) < 4.78 is 5.38. The molecule has 0 saturated heterocycles. The highest BCUT2D eigenvalue weighted by Crippen LogP contribution is 2.37. The van der Waals surface area contributed by atoms with Crippen molar-refractivity contribution >= 4 is 6.29 Å². The van der Waals surface area contributed by atoms with Crippen LogP contribution in [-0.2, 0) is 9.53 Å². The lowest BCUT2D eigenvalue weighted by atomic mass is 10.1. The van der Waals surface area contributed by atoms with Gasteiger partial charge in [0.2, 0.25) is 6.29 Å². The molecule has 0 heterocycles. The summed E-state index contributed by atoms with van der Waals surface area (Å²) in [6.45, 7) is 4.99. The molecular weight excluding hydrogens is 140 g/mol. The SMILES string of the molecule is CC(C)CCOC1([C]=O)CC1. The molecule has 0 spiro atoms. The van der Waals surface area contributed by atoms with Crippen LogP contribution in [0.5, 0.6) is 0 Å². The van der Waals surface area contributed by atoms with Gasteiger partial charge in [-0.3, -0.25) is 4.79 Å². The Kier molecular flexibility index (Phi) is 2.66. The molecule has 0 unspecified atom stereocenters. The van der Waals surface area contributed by atoms with Gasteiger partial charge in [-0.25, -0.2) is 0 Å². The van der Waals surface area contributed by atoms with E-state index in [-0.39, 0.29) is 0 Å². The first-order valence-corrected chi connectivity index (χ1v) is 4.22. The molecule has 0 N–H and O–H groups in total. The van der Waals surface area contributed by atoms with Gasteiger partial charge in [-0.05, 0) is 25.2 Å². The molecule has 63 valence electrons. The number of hydrogen-bond donors (Lipinski definition) is 0. The summed E-state index contributed by atoms with van der Waals surface area (Å²) in [6.07, 6.45) is 4.72. The first-order valence-electron chi connectivity index (χ1n) is 4.22. The minimum absolute atomic E-state index is 0.477. The van der Waals surface area contributed by atoms with Gasteiger partial charge in [0.05, 0.1) is 0 Å². The first-order chi connectivity index (χ1) is 5.18. The van der Waals surface area contributed by atoms with E-state index >= 15 is 0 Å². The van der Waals surface area contributed by atoms with E-state index in [0.29, 0.717) is 12.5 Å². The second-order valence-corrected chi connectivity index (χ2v) is 3.63. The second-order valence-electron chi connectivity index (χ2n) is 3.63. The van der Waals surface area contributed by atoms with Gasteiger partial charge in [0.25, 0.3) is 0 Å². The fraction of sp³-hybridized carbons (Fsp3) is 0.889. The second kappa shape index (κ2) is 3.35. The van der Waals surface area contributed by atoms with Crippen LogP contribution in [0.4, 0.5) is 0 Å². The third-order valence-electron chi connectivity index (χ3n) is 1.96. The van der Waals surface area contributed by atoms with Crippen molar-refractivity contribution in [3.8, 4) is 0 Å². The number of rotatable bonds is 5. The van der Waals surface area contributed by atoms with E-state index in [2.05, 4.69) is 13.8 Å². The Morgan fingerprint density at radius 1 is 1.55 bits per heavy atom. The Bertz CT molecular complexity index is 136. The van der Waals surface area contributed by atoms with Crippen molar-refractivity contribution in [3.05, 3.63) is 0 Å². The summed E-state index contributed by atoms with van der Waals surface area (Å²) in [6, 6.07) is 0. The third kappa shape index (κ3) is 2.62. The van der Waals surface area contributed by atoms with E-state index in [9.17, 15) is 4.79 Å². The van der Waals surface area contributed by atoms with Crippen LogP contribution in [0, 0.1) is 5.92 Å². The molecule has 1 rings (SSSR count). The minimum atomic E-state index is -0.477. The van der Waals surface area contributed by atoms with Crippen molar-refractivity contribution in [2.24, 2.45) is 5.92 Å². The van der Waals surface area contributed by atoms with E-state index in [0.717, 1.165) is 19.3 Å². The maximum Gasteiger partial charge on any atom is 0.233 e. The Morgan fingerprint density at radius 2 is 2.18 bits per heavy atom. The molecule has 1 saturated carbocycles. The summed E-state index contributed by atoms with van der Waals surface area (Å²) >= 11 is 0. The largest absolute Gasteiger partial charge is 0.367 e. The summed E-state index contributed by atoms with van der Waals surface area (Å²) in [5, 5.41) is 0. The lowest BCUT2D eigenvalue weighted by Crippen LogP contribution is -2.16. The molecule has 0 bridgehead atoms. The van der Waals surface area contributed by atoms with Crippen LogP contribution in [-0.4, -0.2) is 18.5 Å². The quantitative estimate of drug-likeness (QED) is 0.604. The molecule has 1 aliphatic rings. The zero-order valence-electron chi connectivity index (χ0n) is 7.22. The lowest BCUT2D eigenvalue weighted by Gasteiger charge is -2.09. The van der Waals surface area contributed by atoms with E-state index in [4.69, 9.17) is 4.74 Å². The van der Waals surface area contributed by atoms with Crippen molar-refractivity contribution in [3.63, 3.8) is 0 Å². The molecule has 0 atom stereocenters. The molecule has 1 radical (unpaired) electrons. The number of carbonyl (C=O) groups excluding carboxylic acids is 1. The molecule has 0 amide bonds. The van der Waals surface area contributed by atoms with Crippen molar-refractivity contribution in [1.82, 2.24) is 0 Å². The average Bonchev–Trinajstić information content (AvgIpc) is 2.69. The number of hydrogen-bond acceptors (Lipinski definition) is 2. The fourth-order valence-electron chi connectivity index (χ4n) is 0.879. The highest BCUT2D eigenvalue weighted by molar-refractivity contribution is 5.67. The van der Waals surface area contributed by atoms with Crippen LogP contribution >= 0.6 is 0 Å². The predicted octanol–water partition coefficient (Wildman–Crippen LogP) is 1.69. The topological polar surface area (TPSA) is 26.3 Å². The highest BCUT2D eigenvalue weighted by Gasteiger charge is 2.45. The predicted molar refractivity (Wildman–Crippen MR) is 43.1 cm³/mol. The van der Waals surface area contributed by atoms with Gasteiger partial charge in [0.15, 0.2) is 0 Å². The van der Waals surface area contributed by atoms with Crippen LogP contribution in [0.3, 0.4) is 0 Å². The van der Waals surface area contributed by atoms with Gasteiger partial charge >= 0.3 is 0 Å². The van der Waals surface area contributed by atoms with Gasteiger partial charge in [-0.1, -0.05) is 13.8 Å². The Morgan fingerprint density at radius 3 is 2.55 bits per heavy atom. The highest BCUT2D eigenvalue weighted by atomic mass is 16.5. The van der Waals surface area contributed by atoms with Crippen molar-refractivity contribution in [2.45, 2.75) is 38.7 Å². The van der Waals surface area contributed by atoms with E-state index in [1.165, 1.54) is 0 Å². The van der Waals surface area contributed by atoms with Crippen molar-refractivity contribution < 1.29 is 9.53 Å². The molecule has 1 aliphatic carbocycles. The average molecular weight is 155 g/mol. The monoisotopic (exact) mass is 155 g/mol. The summed E-state index contributed by atoms with van der Waals surface area (Å²) in [5.41, 5.74) is -0.477. The van der Waals surface area contributed by atoms with Crippen LogP contribution in [0.25, 0.3) is 0 Å². The molecule has 2 heteroatoms. The van der Waals surface area contributed by atoms with Crippen LogP contribution in [0.15, 0.2) is 0 Å². The number of ether oxygens (including phenoxy) is 1. The van der Waals surface area contributed by atoms with E-state index < -0.39 is 5.60 Å². The molecule has 0 aromatic heterocycles. The zero-order valence-corrected chi connectivity index (χ0v) is 7.22. The molecule has 1 fully saturated rings.